The first-order chi connectivity index (χ1) is 12.3. The van der Waals surface area contributed by atoms with Crippen LogP contribution in [-0.2, 0) is 11.3 Å². The maximum atomic E-state index is 12.2. The van der Waals surface area contributed by atoms with Gasteiger partial charge in [0, 0.05) is 10.9 Å². The van der Waals surface area contributed by atoms with Crippen molar-refractivity contribution in [2.45, 2.75) is 25.0 Å². The van der Waals surface area contributed by atoms with Crippen LogP contribution in [0.4, 0.5) is 0 Å². The topological polar surface area (TPSA) is 80.9 Å². The number of nitrogens with one attached hydrogen (secondary N) is 3. The summed E-state index contributed by atoms with van der Waals surface area (Å²) in [4.78, 5) is 13.3. The van der Waals surface area contributed by atoms with Crippen molar-refractivity contribution in [1.82, 2.24) is 16.2 Å². The highest BCUT2D eigenvalue weighted by molar-refractivity contribution is 7.09. The first kappa shape index (κ1) is 16.2. The Morgan fingerprint density at radius 3 is 3.08 bits per heavy atom. The van der Waals surface area contributed by atoms with Gasteiger partial charge in [0.1, 0.15) is 18.4 Å². The fourth-order valence-corrected chi connectivity index (χ4v) is 3.42. The second kappa shape index (κ2) is 7.30. The molecule has 1 aromatic heterocycles. The number of hydrogen-bond donors (Lipinski definition) is 3. The molecule has 0 spiro atoms. The molecule has 1 aromatic carbocycles. The molecular formula is C17H19N3O4S. The Labute approximate surface area is 149 Å². The second-order valence-corrected chi connectivity index (χ2v) is 6.93. The van der Waals surface area contributed by atoms with Crippen LogP contribution >= 0.6 is 11.3 Å². The zero-order chi connectivity index (χ0) is 17.1. The van der Waals surface area contributed by atoms with Crippen LogP contribution in [0.25, 0.3) is 0 Å². The first-order valence-electron chi connectivity index (χ1n) is 8.11. The van der Waals surface area contributed by atoms with Gasteiger partial charge in [-0.15, -0.1) is 11.3 Å². The lowest BCUT2D eigenvalue weighted by molar-refractivity contribution is -0.123. The quantitative estimate of drug-likeness (QED) is 0.722. The maximum Gasteiger partial charge on any atom is 0.238 e. The molecule has 4 rings (SSSR count). The van der Waals surface area contributed by atoms with E-state index in [1.54, 1.807) is 11.3 Å². The molecule has 8 heteroatoms. The van der Waals surface area contributed by atoms with Crippen LogP contribution in [0.2, 0.25) is 0 Å². The van der Waals surface area contributed by atoms with Crippen molar-refractivity contribution in [3.05, 3.63) is 40.6 Å². The Kier molecular flexibility index (Phi) is 4.73. The van der Waals surface area contributed by atoms with Crippen LogP contribution in [-0.4, -0.2) is 31.4 Å². The van der Waals surface area contributed by atoms with E-state index in [1.165, 1.54) is 0 Å². The maximum absolute atomic E-state index is 12.2. The van der Waals surface area contributed by atoms with Gasteiger partial charge in [-0.2, -0.15) is 0 Å². The number of fused-ring (bicyclic) bond motifs is 1. The van der Waals surface area contributed by atoms with Crippen LogP contribution in [0.1, 0.15) is 11.3 Å². The van der Waals surface area contributed by atoms with E-state index in [0.717, 1.165) is 16.4 Å². The van der Waals surface area contributed by atoms with Crippen molar-refractivity contribution in [3.8, 4) is 17.2 Å². The lowest BCUT2D eigenvalue weighted by Crippen LogP contribution is -2.43. The van der Waals surface area contributed by atoms with E-state index in [4.69, 9.17) is 14.2 Å². The molecule has 7 nitrogen and oxygen atoms in total. The van der Waals surface area contributed by atoms with E-state index in [9.17, 15) is 4.79 Å². The van der Waals surface area contributed by atoms with Crippen molar-refractivity contribution in [3.63, 3.8) is 0 Å². The van der Waals surface area contributed by atoms with Gasteiger partial charge in [0.25, 0.3) is 0 Å². The van der Waals surface area contributed by atoms with Gasteiger partial charge in [0.15, 0.2) is 11.5 Å². The summed E-state index contributed by atoms with van der Waals surface area (Å²) < 4.78 is 16.4. The Morgan fingerprint density at radius 1 is 1.28 bits per heavy atom. The molecule has 2 aliphatic heterocycles. The molecule has 0 aliphatic carbocycles. The van der Waals surface area contributed by atoms with E-state index in [0.29, 0.717) is 25.3 Å². The summed E-state index contributed by atoms with van der Waals surface area (Å²) in [5.41, 5.74) is 6.15. The van der Waals surface area contributed by atoms with Crippen LogP contribution < -0.4 is 30.4 Å². The highest BCUT2D eigenvalue weighted by Crippen LogP contribution is 2.35. The number of benzene rings is 1. The van der Waals surface area contributed by atoms with Crippen molar-refractivity contribution in [2.24, 2.45) is 0 Å². The number of hydrogen-bond acceptors (Lipinski definition) is 7. The van der Waals surface area contributed by atoms with Gasteiger partial charge >= 0.3 is 0 Å². The summed E-state index contributed by atoms with van der Waals surface area (Å²) in [6.07, 6.45) is 0.667. The first-order valence-corrected chi connectivity index (χ1v) is 8.99. The number of amides is 1. The molecule has 1 amide bonds. The fraction of sp³-hybridized carbons (Fsp3) is 0.353. The number of rotatable bonds is 6. The van der Waals surface area contributed by atoms with Crippen LogP contribution in [0, 0.1) is 0 Å². The normalized spacial score (nSPS) is 21.3. The monoisotopic (exact) mass is 361 g/mol. The van der Waals surface area contributed by atoms with E-state index in [2.05, 4.69) is 16.2 Å². The van der Waals surface area contributed by atoms with Gasteiger partial charge in [-0.1, -0.05) is 6.07 Å². The Balaban J connectivity index is 1.23. The minimum atomic E-state index is -0.259. The summed E-state index contributed by atoms with van der Waals surface area (Å²) >= 11 is 1.63. The number of carbonyl (C=O) groups excluding carboxylic acids is 1. The average Bonchev–Trinajstić information content (AvgIpc) is 3.39. The molecule has 2 unspecified atom stereocenters. The molecule has 132 valence electrons. The number of thiophene rings is 1. The van der Waals surface area contributed by atoms with Crippen molar-refractivity contribution >= 4 is 17.2 Å². The van der Waals surface area contributed by atoms with Crippen LogP contribution in [0.15, 0.2) is 35.7 Å². The predicted molar refractivity (Wildman–Crippen MR) is 92.7 cm³/mol. The smallest absolute Gasteiger partial charge is 0.238 e. The third-order valence-corrected chi connectivity index (χ3v) is 4.99. The van der Waals surface area contributed by atoms with Gasteiger partial charge in [-0.25, -0.2) is 5.43 Å². The fourth-order valence-electron chi connectivity index (χ4n) is 2.78. The summed E-state index contributed by atoms with van der Waals surface area (Å²) in [5.74, 6) is 2.14. The number of ether oxygens (including phenoxy) is 3. The number of hydrazine groups is 1. The van der Waals surface area contributed by atoms with Crippen molar-refractivity contribution in [1.29, 1.82) is 0 Å². The zero-order valence-corrected chi connectivity index (χ0v) is 14.3. The minimum Gasteiger partial charge on any atom is -0.492 e. The van der Waals surface area contributed by atoms with Gasteiger partial charge < -0.3 is 19.5 Å². The molecule has 2 atom stereocenters. The Morgan fingerprint density at radius 2 is 2.20 bits per heavy atom. The molecular weight excluding hydrogens is 342 g/mol. The molecule has 3 N–H and O–H groups in total. The van der Waals surface area contributed by atoms with Crippen molar-refractivity contribution in [2.75, 3.05) is 13.4 Å². The molecule has 1 fully saturated rings. The van der Waals surface area contributed by atoms with Gasteiger partial charge in [0.05, 0.1) is 12.6 Å². The van der Waals surface area contributed by atoms with E-state index in [1.807, 2.05) is 35.7 Å². The molecule has 1 saturated heterocycles. The van der Waals surface area contributed by atoms with E-state index in [-0.39, 0.29) is 24.8 Å². The van der Waals surface area contributed by atoms with Crippen LogP contribution in [0.3, 0.4) is 0 Å². The summed E-state index contributed by atoms with van der Waals surface area (Å²) in [7, 11) is 0. The zero-order valence-electron chi connectivity index (χ0n) is 13.5. The highest BCUT2D eigenvalue weighted by Gasteiger charge is 2.29. The largest absolute Gasteiger partial charge is 0.492 e. The van der Waals surface area contributed by atoms with Crippen LogP contribution in [0.5, 0.6) is 17.2 Å². The predicted octanol–water partition coefficient (Wildman–Crippen LogP) is 1.41. The summed E-state index contributed by atoms with van der Waals surface area (Å²) in [6.45, 7) is 1.27. The second-order valence-electron chi connectivity index (χ2n) is 5.90. The summed E-state index contributed by atoms with van der Waals surface area (Å²) in [6, 6.07) is 9.28. The SMILES string of the molecule is O=C(NCc1cccs1)C1CC(COc2ccc3c(c2)OCO3)NN1. The molecule has 2 aromatic rings. The average molecular weight is 361 g/mol. The molecule has 3 heterocycles. The number of carbonyl (C=O) groups is 1. The lowest BCUT2D eigenvalue weighted by atomic mass is 10.1. The Hall–Kier alpha value is -2.29. The molecule has 0 saturated carbocycles. The molecule has 0 radical (unpaired) electrons. The van der Waals surface area contributed by atoms with E-state index >= 15 is 0 Å². The minimum absolute atomic E-state index is 0.00789. The van der Waals surface area contributed by atoms with Gasteiger partial charge in [0.2, 0.25) is 12.7 Å². The lowest BCUT2D eigenvalue weighted by Gasteiger charge is -2.12. The van der Waals surface area contributed by atoms with E-state index < -0.39 is 0 Å². The Bertz CT molecular complexity index is 737. The summed E-state index contributed by atoms with van der Waals surface area (Å²) in [5, 5.41) is 4.95. The molecule has 2 aliphatic rings. The molecule has 25 heavy (non-hydrogen) atoms. The van der Waals surface area contributed by atoms with Gasteiger partial charge in [-0.05, 0) is 30.0 Å². The highest BCUT2D eigenvalue weighted by atomic mass is 32.1. The third-order valence-electron chi connectivity index (χ3n) is 4.11. The third kappa shape index (κ3) is 3.87. The van der Waals surface area contributed by atoms with Crippen molar-refractivity contribution < 1.29 is 19.0 Å². The molecule has 0 bridgehead atoms. The standard InChI is InChI=1S/C17H19N3O4S/c21-17(18-8-13-2-1-5-25-13)14-6-11(19-20-14)9-22-12-3-4-15-16(7-12)24-10-23-15/h1-5,7,11,14,19-20H,6,8-10H2,(H,18,21). The van der Waals surface area contributed by atoms with Gasteiger partial charge in [-0.3, -0.25) is 10.2 Å².